The molecule has 2 fully saturated rings. The topological polar surface area (TPSA) is 96.2 Å². The van der Waals surface area contributed by atoms with Crippen LogP contribution in [0.25, 0.3) is 0 Å². The summed E-state index contributed by atoms with van der Waals surface area (Å²) in [6.07, 6.45) is 3.22. The molecule has 0 spiro atoms. The quantitative estimate of drug-likeness (QED) is 0.521. The van der Waals surface area contributed by atoms with Gasteiger partial charge in [0.25, 0.3) is 0 Å². The summed E-state index contributed by atoms with van der Waals surface area (Å²) in [6, 6.07) is 2.85. The van der Waals surface area contributed by atoms with Crippen molar-refractivity contribution in [2.24, 2.45) is 29.6 Å². The molecule has 1 aliphatic heterocycles. The Balaban J connectivity index is 1.59. The Morgan fingerprint density at radius 1 is 1.31 bits per heavy atom. The van der Waals surface area contributed by atoms with Gasteiger partial charge in [-0.25, -0.2) is 8.78 Å². The summed E-state index contributed by atoms with van der Waals surface area (Å²) < 4.78 is 38.1. The molecular formula is C24H32F2O6. The van der Waals surface area contributed by atoms with Crippen LogP contribution < -0.4 is 4.74 Å². The number of carboxylic acids is 1. The second kappa shape index (κ2) is 10.7. The Labute approximate surface area is 186 Å². The number of rotatable bonds is 8. The number of ether oxygens (including phenoxy) is 2. The number of hydrogen-bond acceptors (Lipinski definition) is 5. The fraction of sp³-hybridized carbons (Fsp3) is 0.625. The number of carboxylic acid groups (broad SMARTS) is 1. The zero-order valence-corrected chi connectivity index (χ0v) is 18.4. The van der Waals surface area contributed by atoms with Gasteiger partial charge >= 0.3 is 5.97 Å². The monoisotopic (exact) mass is 454 g/mol. The molecule has 1 aromatic carbocycles. The molecule has 3 rings (SSSR count). The molecule has 1 unspecified atom stereocenters. The molecule has 8 heteroatoms. The first-order valence-electron chi connectivity index (χ1n) is 11.1. The van der Waals surface area contributed by atoms with E-state index < -0.39 is 35.7 Å². The van der Waals surface area contributed by atoms with Crippen molar-refractivity contribution in [3.05, 3.63) is 42.0 Å². The largest absolute Gasteiger partial charge is 0.487 e. The molecule has 0 bridgehead atoms. The molecule has 1 saturated carbocycles. The van der Waals surface area contributed by atoms with Crippen molar-refractivity contribution in [3.63, 3.8) is 0 Å². The van der Waals surface area contributed by atoms with Gasteiger partial charge in [0.1, 0.15) is 18.5 Å². The van der Waals surface area contributed by atoms with Gasteiger partial charge in [0.2, 0.25) is 0 Å². The number of halogens is 2. The van der Waals surface area contributed by atoms with Crippen LogP contribution in [0, 0.1) is 41.2 Å². The van der Waals surface area contributed by atoms with Crippen LogP contribution >= 0.6 is 0 Å². The van der Waals surface area contributed by atoms with E-state index in [-0.39, 0.29) is 42.1 Å². The van der Waals surface area contributed by atoms with Crippen LogP contribution in [0.15, 0.2) is 30.4 Å². The van der Waals surface area contributed by atoms with E-state index in [0.717, 1.165) is 24.6 Å². The van der Waals surface area contributed by atoms with Gasteiger partial charge in [-0.3, -0.25) is 4.79 Å². The third kappa shape index (κ3) is 5.85. The van der Waals surface area contributed by atoms with E-state index in [1.54, 1.807) is 6.08 Å². The van der Waals surface area contributed by atoms with E-state index in [1.165, 1.54) is 6.08 Å². The highest BCUT2D eigenvalue weighted by Gasteiger charge is 2.45. The number of aliphatic hydroxyl groups excluding tert-OH is 2. The molecule has 178 valence electrons. The van der Waals surface area contributed by atoms with Crippen molar-refractivity contribution in [2.75, 3.05) is 13.2 Å². The molecule has 0 aromatic heterocycles. The number of hydrogen-bond donors (Lipinski definition) is 3. The van der Waals surface area contributed by atoms with E-state index in [4.69, 9.17) is 9.47 Å². The Morgan fingerprint density at radius 2 is 2.06 bits per heavy atom. The second-order valence-electron chi connectivity index (χ2n) is 9.20. The first kappa shape index (κ1) is 24.6. The highest BCUT2D eigenvalue weighted by atomic mass is 19.1. The molecular weight excluding hydrogens is 422 g/mol. The van der Waals surface area contributed by atoms with E-state index in [0.29, 0.717) is 19.4 Å². The molecule has 2 aliphatic rings. The second-order valence-corrected chi connectivity index (χ2v) is 9.20. The average molecular weight is 455 g/mol. The Morgan fingerprint density at radius 3 is 2.75 bits per heavy atom. The van der Waals surface area contributed by atoms with E-state index in [9.17, 15) is 28.9 Å². The number of fused-ring (bicyclic) bond motifs is 1. The molecule has 6 nitrogen and oxygen atoms in total. The summed E-state index contributed by atoms with van der Waals surface area (Å²) in [6.45, 7) is 3.90. The molecule has 1 saturated heterocycles. The summed E-state index contributed by atoms with van der Waals surface area (Å²) in [7, 11) is 0. The minimum Gasteiger partial charge on any atom is -0.487 e. The normalized spacial score (nSPS) is 30.2. The Bertz CT molecular complexity index is 814. The van der Waals surface area contributed by atoms with Gasteiger partial charge in [-0.2, -0.15) is 0 Å². The van der Waals surface area contributed by atoms with Gasteiger partial charge in [0.05, 0.1) is 24.7 Å². The van der Waals surface area contributed by atoms with Gasteiger partial charge in [0, 0.05) is 18.4 Å². The van der Waals surface area contributed by atoms with Crippen LogP contribution in [0.2, 0.25) is 0 Å². The third-order valence-corrected chi connectivity index (χ3v) is 6.65. The van der Waals surface area contributed by atoms with Gasteiger partial charge in [-0.15, -0.1) is 0 Å². The zero-order chi connectivity index (χ0) is 23.4. The van der Waals surface area contributed by atoms with Crippen LogP contribution in [0.5, 0.6) is 5.75 Å². The van der Waals surface area contributed by atoms with E-state index in [2.05, 4.69) is 0 Å². The fourth-order valence-electron chi connectivity index (χ4n) is 5.07. The summed E-state index contributed by atoms with van der Waals surface area (Å²) >= 11 is 0. The molecule has 7 atom stereocenters. The van der Waals surface area contributed by atoms with Crippen molar-refractivity contribution >= 4 is 5.97 Å². The smallest absolute Gasteiger partial charge is 0.307 e. The van der Waals surface area contributed by atoms with Crippen molar-refractivity contribution in [1.82, 2.24) is 0 Å². The predicted octanol–water partition coefficient (Wildman–Crippen LogP) is 3.41. The summed E-state index contributed by atoms with van der Waals surface area (Å²) in [5, 5.41) is 30.3. The average Bonchev–Trinajstić information content (AvgIpc) is 2.88. The molecule has 1 heterocycles. The lowest BCUT2D eigenvalue weighted by molar-refractivity contribution is -0.147. The SMILES string of the molecule is CC(C)C(C(=O)O)[C@H]1CC[C@@H]2[C@@H](/C=C/[C@@H](O)COc3cc(F)ccc3F)[C@H](O)C[C@@H]2OC1. The molecule has 3 N–H and O–H groups in total. The van der Waals surface area contributed by atoms with E-state index >= 15 is 0 Å². The van der Waals surface area contributed by atoms with Gasteiger partial charge in [-0.05, 0) is 42.7 Å². The summed E-state index contributed by atoms with van der Waals surface area (Å²) in [5.41, 5.74) is 0. The van der Waals surface area contributed by atoms with Crippen LogP contribution in [-0.2, 0) is 9.53 Å². The predicted molar refractivity (Wildman–Crippen MR) is 113 cm³/mol. The van der Waals surface area contributed by atoms with Gasteiger partial charge in [0.15, 0.2) is 11.6 Å². The number of carbonyl (C=O) groups is 1. The van der Waals surface area contributed by atoms with Crippen LogP contribution in [-0.4, -0.2) is 52.8 Å². The maximum Gasteiger partial charge on any atom is 0.307 e. The maximum atomic E-state index is 13.6. The van der Waals surface area contributed by atoms with Crippen LogP contribution in [0.4, 0.5) is 8.78 Å². The van der Waals surface area contributed by atoms with Crippen molar-refractivity contribution in [3.8, 4) is 5.75 Å². The first-order valence-corrected chi connectivity index (χ1v) is 11.1. The van der Waals surface area contributed by atoms with E-state index in [1.807, 2.05) is 13.8 Å². The highest BCUT2D eigenvalue weighted by molar-refractivity contribution is 5.70. The van der Waals surface area contributed by atoms with Crippen molar-refractivity contribution in [1.29, 1.82) is 0 Å². The van der Waals surface area contributed by atoms with Crippen LogP contribution in [0.1, 0.15) is 33.1 Å². The first-order chi connectivity index (χ1) is 15.2. The summed E-state index contributed by atoms with van der Waals surface area (Å²) in [4.78, 5) is 11.7. The molecule has 0 amide bonds. The molecule has 32 heavy (non-hydrogen) atoms. The molecule has 1 aliphatic carbocycles. The number of benzene rings is 1. The number of aliphatic carboxylic acids is 1. The minimum absolute atomic E-state index is 0.00148. The summed E-state index contributed by atoms with van der Waals surface area (Å²) in [5.74, 6) is -3.24. The standard InChI is InChI=1S/C24H32F2O6/c1-13(2)23(24(29)30)14-3-6-18-17(20(28)10-21(18)31-11-14)7-5-16(27)12-32-22-9-15(25)4-8-19(22)26/h4-5,7-9,13-14,16-18,20-21,23,27-28H,3,6,10-12H2,1-2H3,(H,29,30)/b7-5+/t14-,16+,17+,18+,20+,21-,23?/m0/s1. The zero-order valence-electron chi connectivity index (χ0n) is 18.4. The Kier molecular flexibility index (Phi) is 8.25. The van der Waals surface area contributed by atoms with Crippen molar-refractivity contribution in [2.45, 2.75) is 51.4 Å². The highest BCUT2D eigenvalue weighted by Crippen LogP contribution is 2.43. The lowest BCUT2D eigenvalue weighted by atomic mass is 9.79. The van der Waals surface area contributed by atoms with Crippen LogP contribution in [0.3, 0.4) is 0 Å². The Hall–Kier alpha value is -2.03. The lowest BCUT2D eigenvalue weighted by Crippen LogP contribution is -2.31. The minimum atomic E-state index is -1.07. The molecule has 0 radical (unpaired) electrons. The third-order valence-electron chi connectivity index (χ3n) is 6.65. The number of aliphatic hydroxyl groups is 2. The van der Waals surface area contributed by atoms with Gasteiger partial charge in [-0.1, -0.05) is 26.0 Å². The molecule has 1 aromatic rings. The maximum absolute atomic E-state index is 13.6. The van der Waals surface area contributed by atoms with Gasteiger partial charge < -0.3 is 24.8 Å². The van der Waals surface area contributed by atoms with Crippen molar-refractivity contribution < 1.29 is 38.4 Å². The fourth-order valence-corrected chi connectivity index (χ4v) is 5.07. The lowest BCUT2D eigenvalue weighted by Gasteiger charge is -2.26.